The molecule has 1 saturated heterocycles. The van der Waals surface area contributed by atoms with Gasteiger partial charge in [-0.05, 0) is 42.9 Å². The highest BCUT2D eigenvalue weighted by atomic mass is 16.2. The summed E-state index contributed by atoms with van der Waals surface area (Å²) in [5, 5.41) is 2.91. The summed E-state index contributed by atoms with van der Waals surface area (Å²) in [5.74, 6) is -1.08. The highest BCUT2D eigenvalue weighted by Gasteiger charge is 2.61. The van der Waals surface area contributed by atoms with Crippen LogP contribution >= 0.6 is 0 Å². The van der Waals surface area contributed by atoms with Crippen LogP contribution in [0, 0.1) is 30.6 Å². The van der Waals surface area contributed by atoms with Gasteiger partial charge in [-0.2, -0.15) is 0 Å². The number of amides is 3. The molecule has 0 unspecified atom stereocenters. The Kier molecular flexibility index (Phi) is 4.54. The topological polar surface area (TPSA) is 66.5 Å². The Morgan fingerprint density at radius 2 is 1.57 bits per heavy atom. The SMILES string of the molecule is Cc1ccc(NC(=O)[C@H](Cc2ccccc2)N2C(=O)[C@@H]3[C@H](C2=O)[C@H]2C=C[C@H]3C2)cc1. The number of rotatable bonds is 5. The molecule has 1 N–H and O–H groups in total. The second-order valence-corrected chi connectivity index (χ2v) is 8.61. The highest BCUT2D eigenvalue weighted by Crippen LogP contribution is 2.53. The Labute approximate surface area is 175 Å². The van der Waals surface area contributed by atoms with Gasteiger partial charge in [-0.15, -0.1) is 0 Å². The van der Waals surface area contributed by atoms with Crippen molar-refractivity contribution in [3.8, 4) is 0 Å². The van der Waals surface area contributed by atoms with Gasteiger partial charge in [-0.1, -0.05) is 60.2 Å². The number of benzene rings is 2. The first kappa shape index (κ1) is 18.8. The quantitative estimate of drug-likeness (QED) is 0.618. The Hall–Kier alpha value is -3.21. The van der Waals surface area contributed by atoms with E-state index in [2.05, 4.69) is 17.5 Å². The van der Waals surface area contributed by atoms with Crippen LogP contribution in [-0.2, 0) is 20.8 Å². The number of anilines is 1. The minimum Gasteiger partial charge on any atom is -0.324 e. The van der Waals surface area contributed by atoms with Gasteiger partial charge in [0.2, 0.25) is 17.7 Å². The zero-order valence-corrected chi connectivity index (χ0v) is 16.8. The molecule has 2 aromatic rings. The lowest BCUT2D eigenvalue weighted by Crippen LogP contribution is -2.49. The molecule has 2 aliphatic carbocycles. The van der Waals surface area contributed by atoms with E-state index in [1.54, 1.807) is 0 Å². The average molecular weight is 400 g/mol. The van der Waals surface area contributed by atoms with Crippen LogP contribution in [0.2, 0.25) is 0 Å². The molecule has 5 atom stereocenters. The van der Waals surface area contributed by atoms with Crippen molar-refractivity contribution in [3.63, 3.8) is 0 Å². The molecule has 5 rings (SSSR count). The van der Waals surface area contributed by atoms with Crippen LogP contribution < -0.4 is 5.32 Å². The van der Waals surface area contributed by atoms with E-state index in [9.17, 15) is 14.4 Å². The third-order valence-corrected chi connectivity index (χ3v) is 6.71. The minimum absolute atomic E-state index is 0.124. The fraction of sp³-hybridized carbons (Fsp3) is 0.320. The fourth-order valence-electron chi connectivity index (χ4n) is 5.23. The lowest BCUT2D eigenvalue weighted by molar-refractivity contribution is -0.147. The first-order valence-corrected chi connectivity index (χ1v) is 10.5. The van der Waals surface area contributed by atoms with Crippen molar-refractivity contribution in [1.82, 2.24) is 4.90 Å². The predicted octanol–water partition coefficient (Wildman–Crippen LogP) is 3.35. The first-order chi connectivity index (χ1) is 14.5. The molecule has 2 bridgehead atoms. The standard InChI is InChI=1S/C25H24N2O3/c1-15-7-11-19(12-8-15)26-23(28)20(13-16-5-3-2-4-6-16)27-24(29)21-17-9-10-18(14-17)22(21)25(27)30/h2-12,17-18,20-22H,13-14H2,1H3,(H,26,28)/t17-,18-,20-,21-,22+/m0/s1. The normalized spacial score (nSPS) is 27.4. The van der Waals surface area contributed by atoms with E-state index in [-0.39, 0.29) is 41.4 Å². The molecule has 0 radical (unpaired) electrons. The molecule has 5 heteroatoms. The Bertz CT molecular complexity index is 998. The van der Waals surface area contributed by atoms with Gasteiger partial charge in [0, 0.05) is 12.1 Å². The van der Waals surface area contributed by atoms with Crippen molar-refractivity contribution < 1.29 is 14.4 Å². The molecule has 1 heterocycles. The molecule has 0 aromatic heterocycles. The van der Waals surface area contributed by atoms with Crippen molar-refractivity contribution in [2.24, 2.45) is 23.7 Å². The third kappa shape index (κ3) is 3.05. The lowest BCUT2D eigenvalue weighted by Gasteiger charge is -2.27. The molecule has 3 amide bonds. The Balaban J connectivity index is 1.45. The Morgan fingerprint density at radius 3 is 2.17 bits per heavy atom. The molecule has 152 valence electrons. The average Bonchev–Trinajstić information content (AvgIpc) is 3.43. The molecular weight excluding hydrogens is 376 g/mol. The van der Waals surface area contributed by atoms with Crippen LogP contribution in [0.15, 0.2) is 66.7 Å². The number of carbonyl (C=O) groups excluding carboxylic acids is 3. The van der Waals surface area contributed by atoms with Crippen molar-refractivity contribution in [2.45, 2.75) is 25.8 Å². The van der Waals surface area contributed by atoms with Crippen LogP contribution in [0.3, 0.4) is 0 Å². The smallest absolute Gasteiger partial charge is 0.248 e. The van der Waals surface area contributed by atoms with E-state index in [1.165, 1.54) is 4.90 Å². The van der Waals surface area contributed by atoms with Crippen molar-refractivity contribution >= 4 is 23.4 Å². The van der Waals surface area contributed by atoms with Gasteiger partial charge in [0.1, 0.15) is 6.04 Å². The van der Waals surface area contributed by atoms with Crippen LogP contribution in [0.25, 0.3) is 0 Å². The van der Waals surface area contributed by atoms with Crippen LogP contribution in [0.1, 0.15) is 17.5 Å². The number of aryl methyl sites for hydroxylation is 1. The zero-order valence-electron chi connectivity index (χ0n) is 16.8. The molecule has 2 aromatic carbocycles. The highest BCUT2D eigenvalue weighted by molar-refractivity contribution is 6.10. The molecule has 3 aliphatic rings. The molecule has 2 fully saturated rings. The van der Waals surface area contributed by atoms with Gasteiger partial charge >= 0.3 is 0 Å². The van der Waals surface area contributed by atoms with Crippen molar-refractivity contribution in [2.75, 3.05) is 5.32 Å². The van der Waals surface area contributed by atoms with E-state index in [1.807, 2.05) is 61.5 Å². The van der Waals surface area contributed by atoms with E-state index < -0.39 is 6.04 Å². The number of hydrogen-bond acceptors (Lipinski definition) is 3. The predicted molar refractivity (Wildman–Crippen MR) is 113 cm³/mol. The maximum Gasteiger partial charge on any atom is 0.248 e. The summed E-state index contributed by atoms with van der Waals surface area (Å²) in [5.41, 5.74) is 2.67. The molecule has 1 aliphatic heterocycles. The van der Waals surface area contributed by atoms with Gasteiger partial charge in [-0.25, -0.2) is 0 Å². The van der Waals surface area contributed by atoms with Gasteiger partial charge < -0.3 is 5.32 Å². The number of allylic oxidation sites excluding steroid dienone is 2. The van der Waals surface area contributed by atoms with Gasteiger partial charge in [-0.3, -0.25) is 19.3 Å². The fourth-order valence-corrected chi connectivity index (χ4v) is 5.23. The molecule has 5 nitrogen and oxygen atoms in total. The third-order valence-electron chi connectivity index (χ3n) is 6.71. The summed E-state index contributed by atoms with van der Waals surface area (Å²) >= 11 is 0. The van der Waals surface area contributed by atoms with Gasteiger partial charge in [0.15, 0.2) is 0 Å². The van der Waals surface area contributed by atoms with Gasteiger partial charge in [0.25, 0.3) is 0 Å². The largest absolute Gasteiger partial charge is 0.324 e. The Morgan fingerprint density at radius 1 is 0.967 bits per heavy atom. The van der Waals surface area contributed by atoms with Crippen LogP contribution in [0.5, 0.6) is 0 Å². The number of imide groups is 1. The summed E-state index contributed by atoms with van der Waals surface area (Å²) in [6.45, 7) is 1.98. The first-order valence-electron chi connectivity index (χ1n) is 10.5. The second-order valence-electron chi connectivity index (χ2n) is 8.61. The molecular formula is C25H24N2O3. The zero-order chi connectivity index (χ0) is 20.8. The van der Waals surface area contributed by atoms with E-state index in [0.29, 0.717) is 12.1 Å². The number of nitrogens with zero attached hydrogens (tertiary/aromatic N) is 1. The number of likely N-dealkylation sites (tertiary alicyclic amines) is 1. The van der Waals surface area contributed by atoms with E-state index in [0.717, 1.165) is 17.5 Å². The summed E-state index contributed by atoms with van der Waals surface area (Å²) < 4.78 is 0. The van der Waals surface area contributed by atoms with Crippen molar-refractivity contribution in [1.29, 1.82) is 0 Å². The number of fused-ring (bicyclic) bond motifs is 5. The maximum atomic E-state index is 13.3. The van der Waals surface area contributed by atoms with E-state index >= 15 is 0 Å². The maximum absolute atomic E-state index is 13.3. The monoisotopic (exact) mass is 400 g/mol. The number of nitrogens with one attached hydrogen (secondary N) is 1. The lowest BCUT2D eigenvalue weighted by atomic mass is 9.85. The van der Waals surface area contributed by atoms with Crippen LogP contribution in [0.4, 0.5) is 5.69 Å². The number of carbonyl (C=O) groups is 3. The van der Waals surface area contributed by atoms with Gasteiger partial charge in [0.05, 0.1) is 11.8 Å². The molecule has 0 spiro atoms. The number of hydrogen-bond donors (Lipinski definition) is 1. The summed E-state index contributed by atoms with van der Waals surface area (Å²) in [6, 6.07) is 16.2. The second kappa shape index (κ2) is 7.24. The summed E-state index contributed by atoms with van der Waals surface area (Å²) in [6.07, 6.45) is 5.32. The van der Waals surface area contributed by atoms with Crippen molar-refractivity contribution in [3.05, 3.63) is 77.9 Å². The molecule has 1 saturated carbocycles. The summed E-state index contributed by atoms with van der Waals surface area (Å²) in [4.78, 5) is 41.2. The van der Waals surface area contributed by atoms with Crippen LogP contribution in [-0.4, -0.2) is 28.7 Å². The summed E-state index contributed by atoms with van der Waals surface area (Å²) in [7, 11) is 0. The minimum atomic E-state index is -0.862. The van der Waals surface area contributed by atoms with E-state index in [4.69, 9.17) is 0 Å². The molecule has 30 heavy (non-hydrogen) atoms.